The van der Waals surface area contributed by atoms with Crippen molar-refractivity contribution in [1.29, 1.82) is 0 Å². The molecule has 0 aliphatic rings. The summed E-state index contributed by atoms with van der Waals surface area (Å²) in [5.74, 6) is 0.472. The van der Waals surface area contributed by atoms with Gasteiger partial charge in [0.1, 0.15) is 0 Å². The van der Waals surface area contributed by atoms with Crippen molar-refractivity contribution in [2.45, 2.75) is 19.8 Å². The lowest BCUT2D eigenvalue weighted by molar-refractivity contribution is 0.617. The van der Waals surface area contributed by atoms with Crippen LogP contribution in [-0.2, 0) is 9.05 Å². The Morgan fingerprint density at radius 2 is 1.73 bits per heavy atom. The summed E-state index contributed by atoms with van der Waals surface area (Å²) in [6.07, 6.45) is 1.48. The Hall–Kier alpha value is -0.800. The van der Waals surface area contributed by atoms with Gasteiger partial charge in [0, 0.05) is 16.1 Å². The lowest BCUT2D eigenvalue weighted by Crippen LogP contribution is -1.86. The molecule has 0 aromatic heterocycles. The Bertz CT molecular complexity index is 444. The summed E-state index contributed by atoms with van der Waals surface area (Å²) >= 11 is 0. The predicted octanol–water partition coefficient (Wildman–Crippen LogP) is 3.35. The molecule has 1 aromatic rings. The molecule has 4 heteroatoms. The van der Waals surface area contributed by atoms with Crippen LogP contribution in [0.4, 0.5) is 0 Å². The third-order valence-electron chi connectivity index (χ3n) is 2.03. The van der Waals surface area contributed by atoms with Gasteiger partial charge in [-0.15, -0.1) is 0 Å². The molecule has 0 saturated carbocycles. The topological polar surface area (TPSA) is 34.1 Å². The van der Waals surface area contributed by atoms with Crippen molar-refractivity contribution in [2.75, 3.05) is 0 Å². The van der Waals surface area contributed by atoms with E-state index in [1.54, 1.807) is 0 Å². The van der Waals surface area contributed by atoms with Crippen molar-refractivity contribution < 1.29 is 8.42 Å². The van der Waals surface area contributed by atoms with Crippen molar-refractivity contribution in [3.8, 4) is 0 Å². The third kappa shape index (κ3) is 4.49. The van der Waals surface area contributed by atoms with E-state index >= 15 is 0 Å². The fraction of sp³-hybridized carbons (Fsp3) is 0.273. The molecule has 2 nitrogen and oxygen atoms in total. The van der Waals surface area contributed by atoms with Gasteiger partial charge in [0.15, 0.2) is 0 Å². The fourth-order valence-electron chi connectivity index (χ4n) is 1.15. The minimum absolute atomic E-state index is 0.472. The van der Waals surface area contributed by atoms with E-state index in [-0.39, 0.29) is 0 Å². The Balaban J connectivity index is 2.86. The molecule has 0 amide bonds. The lowest BCUT2D eigenvalue weighted by atomic mass is 10.0. The van der Waals surface area contributed by atoms with E-state index in [0.717, 1.165) is 11.0 Å². The predicted molar refractivity (Wildman–Crippen MR) is 64.3 cm³/mol. The molecule has 0 aliphatic heterocycles. The largest absolute Gasteiger partial charge is 0.254 e. The van der Waals surface area contributed by atoms with Gasteiger partial charge in [-0.1, -0.05) is 38.1 Å². The zero-order valence-corrected chi connectivity index (χ0v) is 10.2. The number of hydrogen-bond donors (Lipinski definition) is 0. The highest BCUT2D eigenvalue weighted by molar-refractivity contribution is 8.16. The summed E-state index contributed by atoms with van der Waals surface area (Å²) in [4.78, 5) is 0. The van der Waals surface area contributed by atoms with Gasteiger partial charge in [0.05, 0.1) is 0 Å². The van der Waals surface area contributed by atoms with Crippen LogP contribution in [0.25, 0.3) is 6.08 Å². The highest BCUT2D eigenvalue weighted by atomic mass is 35.7. The van der Waals surface area contributed by atoms with Crippen LogP contribution in [0.2, 0.25) is 0 Å². The maximum absolute atomic E-state index is 10.7. The second kappa shape index (κ2) is 4.81. The van der Waals surface area contributed by atoms with Gasteiger partial charge in [-0.3, -0.25) is 0 Å². The van der Waals surface area contributed by atoms with Gasteiger partial charge in [-0.05, 0) is 23.1 Å². The summed E-state index contributed by atoms with van der Waals surface area (Å²) < 4.78 is 21.3. The molecule has 1 aromatic carbocycles. The molecule has 0 unspecified atom stereocenters. The van der Waals surface area contributed by atoms with E-state index in [9.17, 15) is 8.42 Å². The molecule has 0 bridgehead atoms. The molecule has 0 atom stereocenters. The second-order valence-electron chi connectivity index (χ2n) is 3.60. The smallest absolute Gasteiger partial charge is 0.208 e. The van der Waals surface area contributed by atoms with Crippen LogP contribution in [0.15, 0.2) is 29.7 Å². The van der Waals surface area contributed by atoms with Gasteiger partial charge >= 0.3 is 0 Å². The SMILES string of the molecule is CC(C)c1ccc(/C=C/S(=O)(=O)Cl)cc1. The number of halogens is 1. The van der Waals surface area contributed by atoms with Crippen molar-refractivity contribution in [3.63, 3.8) is 0 Å². The molecule has 0 N–H and O–H groups in total. The normalized spacial score (nSPS) is 12.5. The van der Waals surface area contributed by atoms with Gasteiger partial charge in [-0.2, -0.15) is 0 Å². The summed E-state index contributed by atoms with van der Waals surface area (Å²) in [6.45, 7) is 4.21. The molecule has 0 aliphatic carbocycles. The zero-order valence-electron chi connectivity index (χ0n) is 8.64. The van der Waals surface area contributed by atoms with Gasteiger partial charge in [-0.25, -0.2) is 8.42 Å². The van der Waals surface area contributed by atoms with E-state index in [1.165, 1.54) is 11.6 Å². The van der Waals surface area contributed by atoms with Crippen LogP contribution in [0.3, 0.4) is 0 Å². The zero-order chi connectivity index (χ0) is 11.5. The Kier molecular flexibility index (Phi) is 3.94. The van der Waals surface area contributed by atoms with E-state index in [4.69, 9.17) is 10.7 Å². The quantitative estimate of drug-likeness (QED) is 0.765. The summed E-state index contributed by atoms with van der Waals surface area (Å²) in [6, 6.07) is 7.69. The molecule has 0 saturated heterocycles. The molecule has 82 valence electrons. The molecule has 1 rings (SSSR count). The molecule has 0 heterocycles. The van der Waals surface area contributed by atoms with Crippen molar-refractivity contribution in [3.05, 3.63) is 40.8 Å². The highest BCUT2D eigenvalue weighted by Gasteiger charge is 1.99. The first-order valence-electron chi connectivity index (χ1n) is 4.61. The maximum Gasteiger partial charge on any atom is 0.254 e. The minimum Gasteiger partial charge on any atom is -0.208 e. The van der Waals surface area contributed by atoms with Crippen molar-refractivity contribution in [1.82, 2.24) is 0 Å². The summed E-state index contributed by atoms with van der Waals surface area (Å²) in [5, 5.41) is 0.985. The van der Waals surface area contributed by atoms with Crippen molar-refractivity contribution >= 4 is 25.8 Å². The van der Waals surface area contributed by atoms with Gasteiger partial charge in [0.2, 0.25) is 0 Å². The van der Waals surface area contributed by atoms with Crippen LogP contribution in [-0.4, -0.2) is 8.42 Å². The number of benzene rings is 1. The monoisotopic (exact) mass is 244 g/mol. The molecule has 0 spiro atoms. The number of hydrogen-bond acceptors (Lipinski definition) is 2. The molecular weight excluding hydrogens is 232 g/mol. The Morgan fingerprint density at radius 1 is 1.20 bits per heavy atom. The maximum atomic E-state index is 10.7. The Labute approximate surface area is 95.0 Å². The van der Waals surface area contributed by atoms with E-state index in [0.29, 0.717) is 5.92 Å². The van der Waals surface area contributed by atoms with E-state index in [2.05, 4.69) is 13.8 Å². The summed E-state index contributed by atoms with van der Waals surface area (Å²) in [7, 11) is 1.49. The van der Waals surface area contributed by atoms with E-state index < -0.39 is 9.05 Å². The van der Waals surface area contributed by atoms with Crippen LogP contribution in [0.5, 0.6) is 0 Å². The first-order chi connectivity index (χ1) is 6.88. The van der Waals surface area contributed by atoms with Crippen LogP contribution in [0, 0.1) is 0 Å². The minimum atomic E-state index is -3.56. The molecular formula is C11H13ClO2S. The first-order valence-corrected chi connectivity index (χ1v) is 6.98. The van der Waals surface area contributed by atoms with Gasteiger partial charge in [0.25, 0.3) is 9.05 Å². The lowest BCUT2D eigenvalue weighted by Gasteiger charge is -2.04. The van der Waals surface area contributed by atoms with Gasteiger partial charge < -0.3 is 0 Å². The standard InChI is InChI=1S/C11H13ClO2S/c1-9(2)11-5-3-10(4-6-11)7-8-15(12,13)14/h3-9H,1-2H3/b8-7+. The third-order valence-corrected chi connectivity index (χ3v) is 2.80. The van der Waals surface area contributed by atoms with Crippen LogP contribution in [0.1, 0.15) is 30.9 Å². The van der Waals surface area contributed by atoms with E-state index in [1.807, 2.05) is 24.3 Å². The Morgan fingerprint density at radius 3 is 2.13 bits per heavy atom. The fourth-order valence-corrected chi connectivity index (χ4v) is 1.63. The van der Waals surface area contributed by atoms with Crippen LogP contribution >= 0.6 is 10.7 Å². The van der Waals surface area contributed by atoms with Crippen molar-refractivity contribution in [2.24, 2.45) is 0 Å². The molecule has 0 fully saturated rings. The molecule has 15 heavy (non-hydrogen) atoms. The second-order valence-corrected chi connectivity index (χ2v) is 6.11. The highest BCUT2D eigenvalue weighted by Crippen LogP contribution is 2.15. The number of rotatable bonds is 3. The molecule has 0 radical (unpaired) electrons. The average molecular weight is 245 g/mol. The average Bonchev–Trinajstić information content (AvgIpc) is 2.14. The summed E-state index contributed by atoms with van der Waals surface area (Å²) in [5.41, 5.74) is 2.05. The first kappa shape index (κ1) is 12.3. The van der Waals surface area contributed by atoms with Crippen LogP contribution < -0.4 is 0 Å².